The molecule has 1 aliphatic rings. The van der Waals surface area contributed by atoms with Gasteiger partial charge in [-0.25, -0.2) is 13.1 Å². The first-order valence-corrected chi connectivity index (χ1v) is 8.09. The van der Waals surface area contributed by atoms with Crippen molar-refractivity contribution in [1.29, 1.82) is 0 Å². The van der Waals surface area contributed by atoms with E-state index >= 15 is 0 Å². The van der Waals surface area contributed by atoms with Crippen molar-refractivity contribution in [2.24, 2.45) is 11.7 Å². The second-order valence-electron chi connectivity index (χ2n) is 4.38. The van der Waals surface area contributed by atoms with Gasteiger partial charge >= 0.3 is 0 Å². The molecule has 1 aromatic heterocycles. The van der Waals surface area contributed by atoms with Crippen molar-refractivity contribution in [3.63, 3.8) is 0 Å². The Hall–Kier alpha value is -0.140. The van der Waals surface area contributed by atoms with E-state index in [1.165, 1.54) is 0 Å². The summed E-state index contributed by atoms with van der Waals surface area (Å²) in [6.45, 7) is 2.08. The van der Waals surface area contributed by atoms with E-state index in [1.54, 1.807) is 13.0 Å². The van der Waals surface area contributed by atoms with Crippen LogP contribution in [0.5, 0.6) is 0 Å². The Kier molecular flexibility index (Phi) is 3.80. The van der Waals surface area contributed by atoms with Crippen LogP contribution in [0.4, 0.5) is 0 Å². The standard InChI is InChI=1S/C10H15ClN2O2S2/c1-6-4-9(16-10(6)11)17(14,15)13-5-8(12)7-2-3-7/h4,7-8,13H,2-3,5,12H2,1H3. The molecule has 0 spiro atoms. The average Bonchev–Trinajstić information content (AvgIpc) is 3.04. The van der Waals surface area contributed by atoms with E-state index in [2.05, 4.69) is 4.72 Å². The summed E-state index contributed by atoms with van der Waals surface area (Å²) in [5.74, 6) is 0.478. The topological polar surface area (TPSA) is 72.2 Å². The molecule has 1 heterocycles. The first kappa shape index (κ1) is 13.3. The van der Waals surface area contributed by atoms with Crippen LogP contribution in [-0.4, -0.2) is 21.0 Å². The Morgan fingerprint density at radius 1 is 1.65 bits per heavy atom. The molecule has 2 rings (SSSR count). The summed E-state index contributed by atoms with van der Waals surface area (Å²) in [5, 5.41) is 0. The molecule has 0 aromatic carbocycles. The van der Waals surface area contributed by atoms with Gasteiger partial charge in [-0.15, -0.1) is 11.3 Å². The van der Waals surface area contributed by atoms with Crippen LogP contribution in [0.15, 0.2) is 10.3 Å². The summed E-state index contributed by atoms with van der Waals surface area (Å²) >= 11 is 6.93. The molecule has 1 fully saturated rings. The summed E-state index contributed by atoms with van der Waals surface area (Å²) in [7, 11) is -3.46. The Labute approximate surface area is 110 Å². The number of nitrogens with two attached hydrogens (primary N) is 1. The molecule has 17 heavy (non-hydrogen) atoms. The monoisotopic (exact) mass is 294 g/mol. The van der Waals surface area contributed by atoms with E-state index < -0.39 is 10.0 Å². The number of nitrogens with one attached hydrogen (secondary N) is 1. The zero-order chi connectivity index (χ0) is 12.6. The minimum Gasteiger partial charge on any atom is -0.326 e. The fourth-order valence-corrected chi connectivity index (χ4v) is 4.36. The molecular weight excluding hydrogens is 280 g/mol. The molecule has 1 unspecified atom stereocenters. The predicted octanol–water partition coefficient (Wildman–Crippen LogP) is 1.73. The highest BCUT2D eigenvalue weighted by molar-refractivity contribution is 7.91. The van der Waals surface area contributed by atoms with Gasteiger partial charge < -0.3 is 5.73 Å². The summed E-state index contributed by atoms with van der Waals surface area (Å²) in [4.78, 5) is 0. The molecule has 0 saturated heterocycles. The largest absolute Gasteiger partial charge is 0.326 e. The minimum atomic E-state index is -3.46. The third kappa shape index (κ3) is 3.20. The fraction of sp³-hybridized carbons (Fsp3) is 0.600. The third-order valence-electron chi connectivity index (χ3n) is 2.84. The first-order chi connectivity index (χ1) is 7.90. The Bertz CT molecular complexity index is 489. The summed E-state index contributed by atoms with van der Waals surface area (Å²) in [6, 6.07) is 1.50. The number of halogens is 1. The quantitative estimate of drug-likeness (QED) is 0.868. The molecule has 0 bridgehead atoms. The Balaban J connectivity index is 2.02. The number of aryl methyl sites for hydroxylation is 1. The zero-order valence-electron chi connectivity index (χ0n) is 9.44. The highest BCUT2D eigenvalue weighted by Crippen LogP contribution is 2.32. The van der Waals surface area contributed by atoms with Gasteiger partial charge in [0, 0.05) is 12.6 Å². The van der Waals surface area contributed by atoms with Crippen molar-refractivity contribution in [1.82, 2.24) is 4.72 Å². The first-order valence-electron chi connectivity index (χ1n) is 5.41. The zero-order valence-corrected chi connectivity index (χ0v) is 11.8. The van der Waals surface area contributed by atoms with Crippen LogP contribution in [0, 0.1) is 12.8 Å². The second kappa shape index (κ2) is 4.85. The van der Waals surface area contributed by atoms with E-state index in [0.717, 1.165) is 29.7 Å². The minimum absolute atomic E-state index is 0.0821. The average molecular weight is 295 g/mol. The van der Waals surface area contributed by atoms with Gasteiger partial charge in [-0.2, -0.15) is 0 Å². The van der Waals surface area contributed by atoms with Crippen molar-refractivity contribution < 1.29 is 8.42 Å². The van der Waals surface area contributed by atoms with Crippen LogP contribution in [0.2, 0.25) is 4.34 Å². The van der Waals surface area contributed by atoms with Crippen LogP contribution < -0.4 is 10.5 Å². The van der Waals surface area contributed by atoms with Gasteiger partial charge in [-0.1, -0.05) is 11.6 Å². The molecule has 4 nitrogen and oxygen atoms in total. The van der Waals surface area contributed by atoms with Crippen LogP contribution in [0.1, 0.15) is 18.4 Å². The van der Waals surface area contributed by atoms with E-state index in [4.69, 9.17) is 17.3 Å². The van der Waals surface area contributed by atoms with Crippen LogP contribution in [-0.2, 0) is 10.0 Å². The maximum Gasteiger partial charge on any atom is 0.250 e. The molecular formula is C10H15ClN2O2S2. The number of hydrogen-bond acceptors (Lipinski definition) is 4. The van der Waals surface area contributed by atoms with E-state index in [-0.39, 0.29) is 10.3 Å². The van der Waals surface area contributed by atoms with E-state index in [9.17, 15) is 8.42 Å². The molecule has 1 atom stereocenters. The number of sulfonamides is 1. The molecule has 7 heteroatoms. The van der Waals surface area contributed by atoms with Crippen molar-refractivity contribution in [2.45, 2.75) is 30.0 Å². The molecule has 1 aliphatic carbocycles. The van der Waals surface area contributed by atoms with E-state index in [0.29, 0.717) is 16.8 Å². The van der Waals surface area contributed by atoms with Gasteiger partial charge in [0.25, 0.3) is 0 Å². The van der Waals surface area contributed by atoms with Gasteiger partial charge in [0.2, 0.25) is 10.0 Å². The lowest BCUT2D eigenvalue weighted by atomic mass is 10.2. The van der Waals surface area contributed by atoms with E-state index in [1.807, 2.05) is 0 Å². The lowest BCUT2D eigenvalue weighted by Gasteiger charge is -2.10. The predicted molar refractivity (Wildman–Crippen MR) is 70.0 cm³/mol. The number of thiophene rings is 1. The van der Waals surface area contributed by atoms with Crippen molar-refractivity contribution >= 4 is 33.0 Å². The molecule has 0 aliphatic heterocycles. The highest BCUT2D eigenvalue weighted by Gasteiger charge is 2.29. The maximum absolute atomic E-state index is 11.9. The molecule has 1 saturated carbocycles. The Morgan fingerprint density at radius 2 is 2.29 bits per heavy atom. The molecule has 0 amide bonds. The smallest absolute Gasteiger partial charge is 0.250 e. The molecule has 3 N–H and O–H groups in total. The summed E-state index contributed by atoms with van der Waals surface area (Å²) in [6.07, 6.45) is 2.21. The van der Waals surface area contributed by atoms with Gasteiger partial charge in [0.05, 0.1) is 4.34 Å². The summed E-state index contributed by atoms with van der Waals surface area (Å²) in [5.41, 5.74) is 6.63. The van der Waals surface area contributed by atoms with Gasteiger partial charge in [0.15, 0.2) is 0 Å². The van der Waals surface area contributed by atoms with Crippen LogP contribution in [0.3, 0.4) is 0 Å². The SMILES string of the molecule is Cc1cc(S(=O)(=O)NCC(N)C2CC2)sc1Cl. The highest BCUT2D eigenvalue weighted by atomic mass is 35.5. The summed E-state index contributed by atoms with van der Waals surface area (Å²) < 4.78 is 27.2. The van der Waals surface area contributed by atoms with Crippen molar-refractivity contribution in [2.75, 3.05) is 6.54 Å². The van der Waals surface area contributed by atoms with Gasteiger partial charge in [-0.05, 0) is 37.3 Å². The third-order valence-corrected chi connectivity index (χ3v) is 6.29. The Morgan fingerprint density at radius 3 is 2.76 bits per heavy atom. The van der Waals surface area contributed by atoms with Gasteiger partial charge in [-0.3, -0.25) is 0 Å². The molecule has 0 radical (unpaired) electrons. The van der Waals surface area contributed by atoms with Crippen molar-refractivity contribution in [3.8, 4) is 0 Å². The number of rotatable bonds is 5. The van der Waals surface area contributed by atoms with Crippen LogP contribution in [0.25, 0.3) is 0 Å². The lowest BCUT2D eigenvalue weighted by molar-refractivity contribution is 0.549. The maximum atomic E-state index is 11.9. The van der Waals surface area contributed by atoms with Crippen molar-refractivity contribution in [3.05, 3.63) is 16.0 Å². The normalized spacial score (nSPS) is 18.3. The van der Waals surface area contributed by atoms with Gasteiger partial charge in [0.1, 0.15) is 4.21 Å². The molecule has 96 valence electrons. The second-order valence-corrected chi connectivity index (χ2v) is 8.02. The lowest BCUT2D eigenvalue weighted by Crippen LogP contribution is -2.38. The fourth-order valence-electron chi connectivity index (χ4n) is 1.53. The van der Waals surface area contributed by atoms with Crippen LogP contribution >= 0.6 is 22.9 Å². The number of hydrogen-bond donors (Lipinski definition) is 2. The molecule has 1 aromatic rings.